The summed E-state index contributed by atoms with van der Waals surface area (Å²) in [5, 5.41) is 8.34. The van der Waals surface area contributed by atoms with Gasteiger partial charge in [0.05, 0.1) is 6.61 Å². The van der Waals surface area contributed by atoms with Gasteiger partial charge in [0, 0.05) is 0 Å². The van der Waals surface area contributed by atoms with Crippen LogP contribution in [-0.4, -0.2) is 93.9 Å². The average Bonchev–Trinajstić information content (AvgIpc) is 2.30. The zero-order valence-electron chi connectivity index (χ0n) is 11.5. The average molecular weight is 306 g/mol. The molecule has 0 heterocycles. The van der Waals surface area contributed by atoms with Gasteiger partial charge in [0.25, 0.3) is 0 Å². The second-order valence-corrected chi connectivity index (χ2v) is 4.62. The van der Waals surface area contributed by atoms with Crippen molar-refractivity contribution in [1.29, 1.82) is 0 Å². The Bertz CT molecular complexity index is 237. The van der Waals surface area contributed by atoms with E-state index in [9.17, 15) is 9.59 Å². The number of esters is 1. The second kappa shape index (κ2) is 20.2. The molecule has 0 saturated heterocycles. The molecular weight excluding hydrogens is 278 g/mol. The molecule has 0 aromatic rings. The molecule has 0 bridgehead atoms. The van der Waals surface area contributed by atoms with E-state index in [1.807, 2.05) is 0 Å². The first-order valence-electron chi connectivity index (χ1n) is 7.04. The van der Waals surface area contributed by atoms with Crippen molar-refractivity contribution in [1.82, 2.24) is 0 Å². The number of ether oxygens (including phenoxy) is 1. The Labute approximate surface area is 177 Å². The monoisotopic (exact) mass is 306 g/mol. The molecule has 0 aromatic carbocycles. The summed E-state index contributed by atoms with van der Waals surface area (Å²) in [5.74, 6) is -1.77. The molecule has 0 rings (SSSR count). The van der Waals surface area contributed by atoms with E-state index in [4.69, 9.17) is 9.84 Å². The van der Waals surface area contributed by atoms with Gasteiger partial charge in [-0.05, 0) is 6.42 Å². The van der Waals surface area contributed by atoms with Gasteiger partial charge in [-0.1, -0.05) is 58.3 Å². The molecule has 0 aliphatic carbocycles. The van der Waals surface area contributed by atoms with Crippen LogP contribution in [0.25, 0.3) is 0 Å². The van der Waals surface area contributed by atoms with Crippen molar-refractivity contribution in [2.24, 2.45) is 0 Å². The topological polar surface area (TPSA) is 63.6 Å². The maximum absolute atomic E-state index is 10.9. The van der Waals surface area contributed by atoms with E-state index in [2.05, 4.69) is 6.92 Å². The van der Waals surface area contributed by atoms with Gasteiger partial charge in [0.2, 0.25) is 0 Å². The molecule has 6 heteroatoms. The van der Waals surface area contributed by atoms with Crippen molar-refractivity contribution >= 4 is 82.2 Å². The molecule has 0 aromatic heterocycles. The van der Waals surface area contributed by atoms with Crippen LogP contribution in [0.3, 0.4) is 0 Å². The predicted octanol–water partition coefficient (Wildman–Crippen LogP) is 2.24. The fourth-order valence-corrected chi connectivity index (χ4v) is 1.77. The van der Waals surface area contributed by atoms with Crippen LogP contribution < -0.4 is 0 Å². The summed E-state index contributed by atoms with van der Waals surface area (Å²) in [7, 11) is 0. The zero-order valence-corrected chi connectivity index (χ0v) is 11.5. The van der Waals surface area contributed by atoms with Gasteiger partial charge in [-0.25, -0.2) is 0 Å². The summed E-state index contributed by atoms with van der Waals surface area (Å²) in [4.78, 5) is 21.1. The molecule has 0 aliphatic rings. The third-order valence-corrected chi connectivity index (χ3v) is 2.81. The maximum atomic E-state index is 10.9. The van der Waals surface area contributed by atoms with E-state index in [1.54, 1.807) is 0 Å². The van der Waals surface area contributed by atoms with Crippen LogP contribution >= 0.6 is 0 Å². The number of aliphatic carboxylic acids is 1. The molecule has 20 heavy (non-hydrogen) atoms. The molecule has 110 valence electrons. The van der Waals surface area contributed by atoms with Crippen molar-refractivity contribution < 1.29 is 19.4 Å². The molecule has 0 aliphatic heterocycles. The van der Waals surface area contributed by atoms with Crippen molar-refractivity contribution in [2.75, 3.05) is 6.61 Å². The third kappa shape index (κ3) is 21.5. The molecule has 0 radical (unpaired) electrons. The number of carbonyl (C=O) groups is 2. The van der Waals surface area contributed by atoms with Crippen LogP contribution in [0.2, 0.25) is 0 Å². The normalized spacial score (nSPS) is 9.25. The Hall–Kier alpha value is 1.17. The Morgan fingerprint density at radius 2 is 1.35 bits per heavy atom. The van der Waals surface area contributed by atoms with Gasteiger partial charge >= 0.3 is 82.2 Å². The summed E-state index contributed by atoms with van der Waals surface area (Å²) < 4.78 is 4.79. The van der Waals surface area contributed by atoms with E-state index in [1.165, 1.54) is 44.9 Å². The molecule has 0 spiro atoms. The van der Waals surface area contributed by atoms with Gasteiger partial charge in [0.15, 0.2) is 0 Å². The van der Waals surface area contributed by atoms with E-state index in [-0.39, 0.29) is 70.2 Å². The van der Waals surface area contributed by atoms with Crippen LogP contribution in [0.1, 0.15) is 71.1 Å². The quantitative estimate of drug-likeness (QED) is 0.260. The van der Waals surface area contributed by atoms with Crippen LogP contribution in [0, 0.1) is 0 Å². The first-order valence-corrected chi connectivity index (χ1v) is 7.04. The summed E-state index contributed by atoms with van der Waals surface area (Å²) in [6.07, 6.45) is 10.3. The van der Waals surface area contributed by atoms with Crippen molar-refractivity contribution in [3.8, 4) is 0 Å². The van der Waals surface area contributed by atoms with Crippen LogP contribution in [0.15, 0.2) is 0 Å². The summed E-state index contributed by atoms with van der Waals surface area (Å²) in [6.45, 7) is 2.56. The van der Waals surface area contributed by atoms with Gasteiger partial charge in [0.1, 0.15) is 6.42 Å². The minimum atomic E-state index is -1.13. The predicted molar refractivity (Wildman–Crippen MR) is 84.7 cm³/mol. The van der Waals surface area contributed by atoms with E-state index in [0.717, 1.165) is 12.8 Å². The number of rotatable bonds is 12. The Morgan fingerprint density at radius 1 is 0.900 bits per heavy atom. The van der Waals surface area contributed by atoms with Gasteiger partial charge in [-0.15, -0.1) is 0 Å². The Balaban J connectivity index is -0.00000144. The van der Waals surface area contributed by atoms with Crippen LogP contribution in [0.5, 0.6) is 0 Å². The van der Waals surface area contributed by atoms with Gasteiger partial charge < -0.3 is 9.84 Å². The number of unbranched alkanes of at least 4 members (excludes halogenated alkanes) is 8. The molecule has 0 unspecified atom stereocenters. The number of carboxylic acids is 1. The first-order chi connectivity index (χ1) is 8.66. The van der Waals surface area contributed by atoms with E-state index >= 15 is 0 Å². The third-order valence-electron chi connectivity index (χ3n) is 2.81. The van der Waals surface area contributed by atoms with Crippen molar-refractivity contribution in [3.63, 3.8) is 0 Å². The Morgan fingerprint density at radius 3 is 1.80 bits per heavy atom. The number of carbonyl (C=O) groups excluding carboxylic acids is 1. The molecular formula is C14H28KLiO4. The van der Waals surface area contributed by atoms with Crippen LogP contribution in [-0.2, 0) is 14.3 Å². The number of hydrogen-bond acceptors (Lipinski definition) is 3. The molecule has 0 atom stereocenters. The minimum absolute atomic E-state index is 0. The van der Waals surface area contributed by atoms with Crippen LogP contribution in [0.4, 0.5) is 0 Å². The van der Waals surface area contributed by atoms with E-state index < -0.39 is 18.4 Å². The summed E-state index contributed by atoms with van der Waals surface area (Å²) in [5.41, 5.74) is 0. The van der Waals surface area contributed by atoms with Gasteiger partial charge in [-0.2, -0.15) is 0 Å². The van der Waals surface area contributed by atoms with Gasteiger partial charge in [-0.3, -0.25) is 9.59 Å². The first kappa shape index (κ1) is 26.1. The van der Waals surface area contributed by atoms with Crippen molar-refractivity contribution in [3.05, 3.63) is 0 Å². The summed E-state index contributed by atoms with van der Waals surface area (Å²) >= 11 is 0. The summed E-state index contributed by atoms with van der Waals surface area (Å²) in [6, 6.07) is 0. The van der Waals surface area contributed by atoms with E-state index in [0.29, 0.717) is 6.61 Å². The molecule has 0 amide bonds. The number of carboxylic acid groups (broad SMARTS) is 1. The fourth-order valence-electron chi connectivity index (χ4n) is 1.77. The molecule has 0 fully saturated rings. The molecule has 0 saturated carbocycles. The fraction of sp³-hybridized carbons (Fsp3) is 0.857. The molecule has 4 nitrogen and oxygen atoms in total. The second-order valence-electron chi connectivity index (χ2n) is 4.62. The SMILES string of the molecule is CCCCCCCCCCCOC(=O)CC(=O)O.[KH].[LiH]. The van der Waals surface area contributed by atoms with Crippen molar-refractivity contribution in [2.45, 2.75) is 71.1 Å². The standard InChI is InChI=1S/C14H26O4.K.Li.2H/c1-2-3-4-5-6-7-8-9-10-11-18-14(17)12-13(15)16;;;;/h2-12H2,1H3,(H,15,16);;;;. The zero-order chi connectivity index (χ0) is 13.6. The number of hydrogen-bond donors (Lipinski definition) is 1. The molecule has 1 N–H and O–H groups in total. The Kier molecular flexibility index (Phi) is 26.3.